The topological polar surface area (TPSA) is 130 Å². The van der Waals surface area contributed by atoms with Crippen LogP contribution in [0.3, 0.4) is 0 Å². The van der Waals surface area contributed by atoms with Crippen molar-refractivity contribution in [2.45, 2.75) is 32.6 Å². The van der Waals surface area contributed by atoms with E-state index in [0.29, 0.717) is 36.7 Å². The maximum absolute atomic E-state index is 13.1. The Labute approximate surface area is 252 Å². The zero-order chi connectivity index (χ0) is 30.8. The third-order valence-corrected chi connectivity index (χ3v) is 8.98. The molecule has 1 saturated heterocycles. The van der Waals surface area contributed by atoms with Gasteiger partial charge in [-0.3, -0.25) is 9.78 Å². The number of benzene rings is 2. The number of nitrogens with one attached hydrogen (secondary N) is 1. The van der Waals surface area contributed by atoms with Crippen molar-refractivity contribution in [2.24, 2.45) is 5.92 Å². The third-order valence-electron chi connectivity index (χ3n) is 7.71. The molecule has 1 atom stereocenters. The Bertz CT molecular complexity index is 1810. The number of carbonyl (C=O) groups excluding carboxylic acids is 1. The van der Waals surface area contributed by atoms with Crippen LogP contribution in [0.1, 0.15) is 41.8 Å². The first-order chi connectivity index (χ1) is 20.4. The Morgan fingerprint density at radius 3 is 2.74 bits per heavy atom. The number of pyridine rings is 1. The normalized spacial score (nSPS) is 15.7. The van der Waals surface area contributed by atoms with Crippen LogP contribution in [0.15, 0.2) is 73.3 Å². The van der Waals surface area contributed by atoms with E-state index in [1.165, 1.54) is 10.6 Å². The molecule has 5 rings (SSSR count). The zero-order valence-corrected chi connectivity index (χ0v) is 25.4. The SMILES string of the molecule is Cc1ccc(NC(=O)c2cccc(C(C)(C)C#N)c2)cc1-n1cc(-c2cnccc2OCC2CCN(S(C)(=O)=O)C2)cn1. The maximum atomic E-state index is 13.1. The fourth-order valence-corrected chi connectivity index (χ4v) is 5.93. The average molecular weight is 599 g/mol. The predicted octanol–water partition coefficient (Wildman–Crippen LogP) is 4.96. The lowest BCUT2D eigenvalue weighted by Gasteiger charge is -2.16. The molecule has 11 heteroatoms. The van der Waals surface area contributed by atoms with Crippen molar-refractivity contribution in [2.75, 3.05) is 31.3 Å². The van der Waals surface area contributed by atoms with Crippen LogP contribution in [0, 0.1) is 24.2 Å². The number of rotatable bonds is 9. The lowest BCUT2D eigenvalue weighted by Crippen LogP contribution is -2.28. The monoisotopic (exact) mass is 598 g/mol. The minimum atomic E-state index is -3.21. The minimum Gasteiger partial charge on any atom is -0.492 e. The van der Waals surface area contributed by atoms with Gasteiger partial charge in [0.2, 0.25) is 10.0 Å². The summed E-state index contributed by atoms with van der Waals surface area (Å²) in [7, 11) is -3.21. The standard InChI is InChI=1S/C32H34N6O4S/c1-22-8-9-27(36-31(39)24-6-5-7-26(14-24)32(2,3)21-33)15-29(22)38-19-25(16-35-38)28-17-34-12-10-30(28)42-20-23-11-13-37(18-23)43(4,40)41/h5-10,12,14-17,19,23H,11,13,18,20H2,1-4H3,(H,36,39). The Kier molecular flexibility index (Phi) is 8.35. The largest absolute Gasteiger partial charge is 0.492 e. The van der Waals surface area contributed by atoms with Crippen molar-refractivity contribution in [1.82, 2.24) is 19.1 Å². The highest BCUT2D eigenvalue weighted by Crippen LogP contribution is 2.31. The first-order valence-corrected chi connectivity index (χ1v) is 15.8. The molecule has 0 radical (unpaired) electrons. The molecule has 1 fully saturated rings. The first-order valence-electron chi connectivity index (χ1n) is 14.0. The van der Waals surface area contributed by atoms with E-state index >= 15 is 0 Å². The van der Waals surface area contributed by atoms with Crippen LogP contribution in [-0.2, 0) is 15.4 Å². The van der Waals surface area contributed by atoms with E-state index < -0.39 is 15.4 Å². The number of nitrogens with zero attached hydrogens (tertiary/aromatic N) is 5. The molecule has 43 heavy (non-hydrogen) atoms. The van der Waals surface area contributed by atoms with Crippen LogP contribution >= 0.6 is 0 Å². The number of hydrogen-bond acceptors (Lipinski definition) is 7. The average Bonchev–Trinajstić information content (AvgIpc) is 3.68. The van der Waals surface area contributed by atoms with Crippen molar-refractivity contribution in [3.8, 4) is 28.6 Å². The van der Waals surface area contributed by atoms with Crippen molar-refractivity contribution in [3.05, 3.63) is 90.0 Å². The van der Waals surface area contributed by atoms with Gasteiger partial charge in [0.25, 0.3) is 5.91 Å². The molecular weight excluding hydrogens is 564 g/mol. The second kappa shape index (κ2) is 12.0. The highest BCUT2D eigenvalue weighted by molar-refractivity contribution is 7.88. The van der Waals surface area contributed by atoms with Gasteiger partial charge in [-0.05, 0) is 68.7 Å². The molecule has 2 aromatic carbocycles. The van der Waals surface area contributed by atoms with Crippen LogP contribution in [0.25, 0.3) is 16.8 Å². The molecule has 1 N–H and O–H groups in total. The van der Waals surface area contributed by atoms with Crippen molar-refractivity contribution in [3.63, 3.8) is 0 Å². The van der Waals surface area contributed by atoms with Gasteiger partial charge in [0.1, 0.15) is 5.75 Å². The molecule has 0 saturated carbocycles. The first kappa shape index (κ1) is 29.9. The number of nitriles is 1. The molecule has 0 bridgehead atoms. The fraction of sp³-hybridized carbons (Fsp3) is 0.312. The maximum Gasteiger partial charge on any atom is 0.255 e. The van der Waals surface area contributed by atoms with Crippen molar-refractivity contribution >= 4 is 21.6 Å². The summed E-state index contributed by atoms with van der Waals surface area (Å²) in [6.07, 6.45) is 8.98. The van der Waals surface area contributed by atoms with Crippen molar-refractivity contribution < 1.29 is 17.9 Å². The van der Waals surface area contributed by atoms with Gasteiger partial charge in [-0.25, -0.2) is 17.4 Å². The lowest BCUT2D eigenvalue weighted by atomic mass is 9.85. The van der Waals surface area contributed by atoms with Crippen LogP contribution in [-0.4, -0.2) is 59.3 Å². The zero-order valence-electron chi connectivity index (χ0n) is 24.6. The number of ether oxygens (including phenoxy) is 1. The molecule has 0 spiro atoms. The Balaban J connectivity index is 1.32. The number of sulfonamides is 1. The Morgan fingerprint density at radius 1 is 1.19 bits per heavy atom. The molecule has 1 amide bonds. The van der Waals surface area contributed by atoms with Gasteiger partial charge < -0.3 is 10.1 Å². The number of amides is 1. The number of anilines is 1. The molecule has 1 aliphatic heterocycles. The molecule has 222 valence electrons. The molecule has 1 aliphatic rings. The second-order valence-electron chi connectivity index (χ2n) is 11.4. The van der Waals surface area contributed by atoms with E-state index in [0.717, 1.165) is 34.4 Å². The molecule has 4 aromatic rings. The molecule has 3 heterocycles. The predicted molar refractivity (Wildman–Crippen MR) is 165 cm³/mol. The summed E-state index contributed by atoms with van der Waals surface area (Å²) in [5.74, 6) is 0.483. The number of hydrogen-bond donors (Lipinski definition) is 1. The summed E-state index contributed by atoms with van der Waals surface area (Å²) < 4.78 is 33.1. The molecule has 10 nitrogen and oxygen atoms in total. The van der Waals surface area contributed by atoms with Gasteiger partial charge in [-0.1, -0.05) is 18.2 Å². The highest BCUT2D eigenvalue weighted by atomic mass is 32.2. The van der Waals surface area contributed by atoms with Crippen LogP contribution in [0.2, 0.25) is 0 Å². The van der Waals surface area contributed by atoms with Crippen LogP contribution in [0.5, 0.6) is 5.75 Å². The van der Waals surface area contributed by atoms with Crippen LogP contribution < -0.4 is 10.1 Å². The van der Waals surface area contributed by atoms with E-state index in [-0.39, 0.29) is 11.8 Å². The second-order valence-corrected chi connectivity index (χ2v) is 13.4. The van der Waals surface area contributed by atoms with E-state index in [4.69, 9.17) is 4.74 Å². The molecule has 1 unspecified atom stereocenters. The minimum absolute atomic E-state index is 0.111. The third kappa shape index (κ3) is 6.77. The fourth-order valence-electron chi connectivity index (χ4n) is 5.01. The Hall–Kier alpha value is -4.53. The summed E-state index contributed by atoms with van der Waals surface area (Å²) in [6, 6.07) is 16.8. The summed E-state index contributed by atoms with van der Waals surface area (Å²) in [6.45, 7) is 6.96. The van der Waals surface area contributed by atoms with Crippen molar-refractivity contribution in [1.29, 1.82) is 5.26 Å². The van der Waals surface area contributed by atoms with Gasteiger partial charge in [-0.15, -0.1) is 0 Å². The lowest BCUT2D eigenvalue weighted by molar-refractivity contribution is 0.102. The Morgan fingerprint density at radius 2 is 2.00 bits per heavy atom. The number of aryl methyl sites for hydroxylation is 1. The smallest absolute Gasteiger partial charge is 0.255 e. The summed E-state index contributed by atoms with van der Waals surface area (Å²) in [4.78, 5) is 17.4. The van der Waals surface area contributed by atoms with Gasteiger partial charge >= 0.3 is 0 Å². The van der Waals surface area contributed by atoms with Gasteiger partial charge in [0.05, 0.1) is 36.2 Å². The molecule has 2 aromatic heterocycles. The molecular formula is C32H34N6O4S. The summed E-state index contributed by atoms with van der Waals surface area (Å²) in [5, 5.41) is 17.0. The summed E-state index contributed by atoms with van der Waals surface area (Å²) >= 11 is 0. The van der Waals surface area contributed by atoms with Crippen LogP contribution in [0.4, 0.5) is 5.69 Å². The molecule has 0 aliphatic carbocycles. The number of carbonyl (C=O) groups is 1. The summed E-state index contributed by atoms with van der Waals surface area (Å²) in [5.41, 5.74) is 4.47. The van der Waals surface area contributed by atoms with E-state index in [1.807, 2.05) is 51.2 Å². The number of aromatic nitrogens is 3. The van der Waals surface area contributed by atoms with E-state index in [9.17, 15) is 18.5 Å². The van der Waals surface area contributed by atoms with Gasteiger partial charge in [0.15, 0.2) is 0 Å². The van der Waals surface area contributed by atoms with Gasteiger partial charge in [0, 0.05) is 60.0 Å². The van der Waals surface area contributed by atoms with Gasteiger partial charge in [-0.2, -0.15) is 10.4 Å². The van der Waals surface area contributed by atoms with E-state index in [2.05, 4.69) is 21.5 Å². The highest BCUT2D eigenvalue weighted by Gasteiger charge is 2.29. The quantitative estimate of drug-likeness (QED) is 0.288. The van der Waals surface area contributed by atoms with E-state index in [1.54, 1.807) is 47.5 Å².